The van der Waals surface area contributed by atoms with Crippen LogP contribution in [0.3, 0.4) is 0 Å². The topological polar surface area (TPSA) is 180 Å². The van der Waals surface area contributed by atoms with Crippen molar-refractivity contribution in [1.29, 1.82) is 0 Å². The summed E-state index contributed by atoms with van der Waals surface area (Å²) in [4.78, 5) is 48.1. The number of pyridine rings is 1. The number of hydrogen-bond donors (Lipinski definition) is 4. The van der Waals surface area contributed by atoms with Crippen LogP contribution in [0.15, 0.2) is 30.5 Å². The van der Waals surface area contributed by atoms with Crippen LogP contribution in [-0.4, -0.2) is 159 Å². The fourth-order valence-corrected chi connectivity index (χ4v) is 12.8. The molecule has 16 heteroatoms. The minimum atomic E-state index is -0.331. The van der Waals surface area contributed by atoms with Crippen LogP contribution in [0.1, 0.15) is 176 Å². The lowest BCUT2D eigenvalue weighted by atomic mass is 9.76. The van der Waals surface area contributed by atoms with Crippen LogP contribution in [-0.2, 0) is 41.6 Å². The number of fused-ring (bicyclic) bond motifs is 1. The number of hydrazine groups is 1. The molecule has 452 valence electrons. The number of nitrogens with zero attached hydrogens (tertiary/aromatic N) is 6. The molecule has 4 atom stereocenters. The Kier molecular flexibility index (Phi) is 27.2. The van der Waals surface area contributed by atoms with Crippen LogP contribution in [0.4, 0.5) is 5.69 Å². The smallest absolute Gasteiger partial charge is 0.293 e. The van der Waals surface area contributed by atoms with Gasteiger partial charge in [-0.05, 0) is 151 Å². The maximum Gasteiger partial charge on any atom is 0.293 e. The Morgan fingerprint density at radius 1 is 0.963 bits per heavy atom. The van der Waals surface area contributed by atoms with Crippen molar-refractivity contribution in [2.75, 3.05) is 97.3 Å². The van der Waals surface area contributed by atoms with E-state index < -0.39 is 0 Å². The van der Waals surface area contributed by atoms with Crippen LogP contribution in [0.2, 0.25) is 0 Å². The standard InChI is InChI=1S/C41H62N6O6.C14H28N2O.C9H19N/c1-7-47-37-13-12-33(45(17-18-48)16-14-32(11-9-8-10-15-43-44-28-49)46-23-41(24-46)26-52-27-41)20-34(37)36(21-40(4,5)25-53-29-50)39(47)35-19-30(2)22-42-38(35)31(3)51-6;1-5-6-7-14(4)8-9-16(10-14)12(11(2)3)13(15)17;1-3-7-10(8-4-2)9-5-6-9/h12-13,19-20,22,28-29,31-32,43,48H,7-11,14-18,21,23-27H2,1-6H3,(H,44,49);11-12H,5-10H2,1-4H3,(H2,15,17);9H,3-8H2,1-2H3. The predicted octanol–water partition coefficient (Wildman–Crippen LogP) is 9.85. The summed E-state index contributed by atoms with van der Waals surface area (Å²) in [5.74, 6) is 0.140. The van der Waals surface area contributed by atoms with E-state index in [0.29, 0.717) is 55.2 Å². The summed E-state index contributed by atoms with van der Waals surface area (Å²) >= 11 is 0. The number of aliphatic hydroxyl groups is 1. The Labute approximate surface area is 482 Å². The van der Waals surface area contributed by atoms with Crippen molar-refractivity contribution in [3.05, 3.63) is 47.3 Å². The molecule has 4 fully saturated rings. The summed E-state index contributed by atoms with van der Waals surface area (Å²) in [7, 11) is 1.72. The van der Waals surface area contributed by atoms with Gasteiger partial charge in [-0.1, -0.05) is 81.1 Å². The lowest BCUT2D eigenvalue weighted by Gasteiger charge is -2.57. The van der Waals surface area contributed by atoms with E-state index in [1.165, 1.54) is 70.0 Å². The largest absolute Gasteiger partial charge is 0.467 e. The molecule has 5 N–H and O–H groups in total. The predicted molar refractivity (Wildman–Crippen MR) is 326 cm³/mol. The van der Waals surface area contributed by atoms with E-state index in [-0.39, 0.29) is 30.1 Å². The second kappa shape index (κ2) is 32.6. The van der Waals surface area contributed by atoms with Gasteiger partial charge < -0.3 is 39.4 Å². The number of amides is 2. The maximum atomic E-state index is 11.5. The number of unbranched alkanes of at least 4 members (excludes halogenated alkanes) is 3. The highest BCUT2D eigenvalue weighted by Crippen LogP contribution is 2.43. The zero-order chi connectivity index (χ0) is 58.5. The lowest BCUT2D eigenvalue weighted by Crippen LogP contribution is -2.68. The molecular formula is C64H109N9O7. The van der Waals surface area contributed by atoms with E-state index in [0.717, 1.165) is 136 Å². The van der Waals surface area contributed by atoms with E-state index >= 15 is 0 Å². The van der Waals surface area contributed by atoms with Gasteiger partial charge in [0.05, 0.1) is 50.0 Å². The van der Waals surface area contributed by atoms with Gasteiger partial charge in [-0.15, -0.1) is 0 Å². The number of rotatable bonds is 35. The summed E-state index contributed by atoms with van der Waals surface area (Å²) in [5.41, 5.74) is 18.9. The molecule has 3 aromatic rings. The number of anilines is 1. The quantitative estimate of drug-likeness (QED) is 0.0249. The number of benzene rings is 1. The number of carbonyl (C=O) groups is 3. The average molecular weight is 1120 g/mol. The van der Waals surface area contributed by atoms with Crippen molar-refractivity contribution in [2.24, 2.45) is 27.9 Å². The minimum Gasteiger partial charge on any atom is -0.467 e. The highest BCUT2D eigenvalue weighted by atomic mass is 16.5. The van der Waals surface area contributed by atoms with Gasteiger partial charge in [0, 0.05) is 104 Å². The van der Waals surface area contributed by atoms with E-state index in [9.17, 15) is 19.5 Å². The lowest BCUT2D eigenvalue weighted by molar-refractivity contribution is -0.199. The first kappa shape index (κ1) is 66.6. The van der Waals surface area contributed by atoms with Gasteiger partial charge in [-0.3, -0.25) is 34.6 Å². The molecule has 7 rings (SSSR count). The summed E-state index contributed by atoms with van der Waals surface area (Å²) in [6.07, 6.45) is 18.9. The van der Waals surface area contributed by atoms with Crippen LogP contribution in [0.5, 0.6) is 0 Å². The summed E-state index contributed by atoms with van der Waals surface area (Å²) < 4.78 is 19.1. The Morgan fingerprint density at radius 2 is 1.69 bits per heavy atom. The first-order chi connectivity index (χ1) is 38.4. The molecule has 4 unspecified atom stereocenters. The molecule has 3 aliphatic heterocycles. The molecule has 1 aromatic carbocycles. The van der Waals surface area contributed by atoms with Gasteiger partial charge >= 0.3 is 0 Å². The van der Waals surface area contributed by atoms with Crippen molar-refractivity contribution in [1.82, 2.24) is 35.1 Å². The molecular weight excluding hydrogens is 1010 g/mol. The van der Waals surface area contributed by atoms with Crippen LogP contribution < -0.4 is 21.5 Å². The Balaban J connectivity index is 0.000000353. The van der Waals surface area contributed by atoms with Crippen molar-refractivity contribution in [3.8, 4) is 11.3 Å². The number of aliphatic hydroxyl groups excluding tert-OH is 1. The van der Waals surface area contributed by atoms with Crippen LogP contribution in [0, 0.1) is 29.1 Å². The molecule has 4 aliphatic rings. The molecule has 0 bridgehead atoms. The minimum absolute atomic E-state index is 0.0616. The Bertz CT molecular complexity index is 2320. The molecule has 3 saturated heterocycles. The molecule has 80 heavy (non-hydrogen) atoms. The first-order valence-electron chi connectivity index (χ1n) is 30.9. The van der Waals surface area contributed by atoms with Crippen molar-refractivity contribution >= 4 is 35.4 Å². The SMILES string of the molecule is CCCCC1(C)CCN(C(C(N)=O)C(C)C)C1.CCCN(CCC)C1CC1.CCn1c(-c2cc(C)cnc2C(C)OC)c(CC(C)(C)COC=O)c2cc(N(CCO)CCC(CCCCCNNC=O)N3CC4(COC4)C3)ccc21. The Hall–Kier alpha value is -4.16. The van der Waals surface area contributed by atoms with E-state index in [2.05, 4.69) is 129 Å². The van der Waals surface area contributed by atoms with Crippen molar-refractivity contribution < 1.29 is 33.7 Å². The normalized spacial score (nSPS) is 19.1. The summed E-state index contributed by atoms with van der Waals surface area (Å²) in [6, 6.07) is 10.3. The van der Waals surface area contributed by atoms with Gasteiger partial charge in [0.2, 0.25) is 12.3 Å². The molecule has 2 amide bonds. The molecule has 1 aliphatic carbocycles. The number of primary amides is 1. The van der Waals surface area contributed by atoms with Crippen molar-refractivity contribution in [2.45, 2.75) is 197 Å². The summed E-state index contributed by atoms with van der Waals surface area (Å²) in [6.45, 7) is 36.2. The number of aryl methyl sites for hydroxylation is 2. The third-order valence-corrected chi connectivity index (χ3v) is 17.2. The molecule has 0 radical (unpaired) electrons. The summed E-state index contributed by atoms with van der Waals surface area (Å²) in [5, 5.41) is 11.5. The Morgan fingerprint density at radius 3 is 2.26 bits per heavy atom. The van der Waals surface area contributed by atoms with E-state index in [4.69, 9.17) is 24.9 Å². The average Bonchev–Trinajstić information content (AvgIpc) is 4.13. The van der Waals surface area contributed by atoms with Gasteiger partial charge in [0.1, 0.15) is 0 Å². The zero-order valence-corrected chi connectivity index (χ0v) is 51.9. The fraction of sp³-hybridized carbons (Fsp3) is 0.750. The fourth-order valence-electron chi connectivity index (χ4n) is 12.8. The molecule has 5 heterocycles. The van der Waals surface area contributed by atoms with Gasteiger partial charge in [0.25, 0.3) is 6.47 Å². The zero-order valence-electron chi connectivity index (χ0n) is 51.9. The van der Waals surface area contributed by atoms with E-state index in [1.54, 1.807) is 7.11 Å². The van der Waals surface area contributed by atoms with Gasteiger partial charge in [0.15, 0.2) is 0 Å². The van der Waals surface area contributed by atoms with Gasteiger partial charge in [-0.2, -0.15) is 0 Å². The number of nitrogens with one attached hydrogen (secondary N) is 2. The highest BCUT2D eigenvalue weighted by Gasteiger charge is 2.50. The number of carbonyl (C=O) groups excluding carboxylic acids is 3. The molecule has 16 nitrogen and oxygen atoms in total. The number of aromatic nitrogens is 2. The second-order valence-electron chi connectivity index (χ2n) is 25.4. The van der Waals surface area contributed by atoms with Crippen LogP contribution >= 0.6 is 0 Å². The monoisotopic (exact) mass is 1120 g/mol. The van der Waals surface area contributed by atoms with Crippen molar-refractivity contribution in [3.63, 3.8) is 0 Å². The molecule has 1 saturated carbocycles. The number of nitrogens with two attached hydrogens (primary N) is 1. The third-order valence-electron chi connectivity index (χ3n) is 17.2. The highest BCUT2D eigenvalue weighted by molar-refractivity contribution is 5.94. The number of ether oxygens (including phenoxy) is 3. The second-order valence-corrected chi connectivity index (χ2v) is 25.4. The number of methoxy groups -OCH3 is 1. The first-order valence-corrected chi connectivity index (χ1v) is 30.9. The molecule has 1 spiro atoms. The van der Waals surface area contributed by atoms with Crippen LogP contribution in [0.25, 0.3) is 22.2 Å². The number of likely N-dealkylation sites (tertiary alicyclic amines) is 2. The molecule has 2 aromatic heterocycles. The number of hydrogen-bond acceptors (Lipinski definition) is 13. The van der Waals surface area contributed by atoms with Gasteiger partial charge in [-0.25, -0.2) is 5.43 Å². The van der Waals surface area contributed by atoms with E-state index in [1.807, 2.05) is 13.1 Å². The maximum absolute atomic E-state index is 11.5. The third kappa shape index (κ3) is 18.9.